The Morgan fingerprint density at radius 2 is 2.00 bits per heavy atom. The molecule has 4 rings (SSSR count). The number of thiazole rings is 1. The number of β-amino-alcohol motifs (C(OH)–C–C–N with tert-alkyl or cyclic N) is 1. The van der Waals surface area contributed by atoms with Crippen LogP contribution in [0.4, 0.5) is 0 Å². The molecule has 2 aliphatic heterocycles. The average Bonchev–Trinajstić information content (AvgIpc) is 3.38. The van der Waals surface area contributed by atoms with Crippen molar-refractivity contribution in [3.8, 4) is 10.4 Å². The Labute approximate surface area is 180 Å². The summed E-state index contributed by atoms with van der Waals surface area (Å²) < 4.78 is 5.33. The number of benzene rings is 1. The molecule has 2 aromatic rings. The summed E-state index contributed by atoms with van der Waals surface area (Å²) in [5.74, 6) is -0.379. The van der Waals surface area contributed by atoms with Crippen LogP contribution in [0.2, 0.25) is 0 Å². The maximum atomic E-state index is 12.9. The van der Waals surface area contributed by atoms with Crippen LogP contribution < -0.4 is 5.32 Å². The van der Waals surface area contributed by atoms with E-state index >= 15 is 0 Å². The van der Waals surface area contributed by atoms with E-state index in [9.17, 15) is 14.7 Å². The fourth-order valence-corrected chi connectivity index (χ4v) is 4.96. The van der Waals surface area contributed by atoms with Crippen molar-refractivity contribution in [2.45, 2.75) is 44.9 Å². The third-order valence-corrected chi connectivity index (χ3v) is 6.84. The monoisotopic (exact) mass is 429 g/mol. The number of carbonyl (C=O) groups is 2. The van der Waals surface area contributed by atoms with Gasteiger partial charge in [0.05, 0.1) is 22.2 Å². The second-order valence-electron chi connectivity index (χ2n) is 7.96. The molecular weight excluding hydrogens is 402 g/mol. The van der Waals surface area contributed by atoms with Gasteiger partial charge in [-0.25, -0.2) is 4.98 Å². The number of likely N-dealkylation sites (tertiary alicyclic amines) is 1. The van der Waals surface area contributed by atoms with Gasteiger partial charge in [-0.3, -0.25) is 9.59 Å². The average molecular weight is 430 g/mol. The number of aliphatic hydroxyl groups is 1. The van der Waals surface area contributed by atoms with E-state index in [4.69, 9.17) is 4.74 Å². The van der Waals surface area contributed by atoms with Crippen LogP contribution in [0.3, 0.4) is 0 Å². The Morgan fingerprint density at radius 3 is 2.67 bits per heavy atom. The summed E-state index contributed by atoms with van der Waals surface area (Å²) in [6.07, 6.45) is 0.965. The van der Waals surface area contributed by atoms with Crippen molar-refractivity contribution in [1.29, 1.82) is 0 Å². The molecule has 2 saturated heterocycles. The van der Waals surface area contributed by atoms with Crippen molar-refractivity contribution in [1.82, 2.24) is 15.2 Å². The molecule has 3 heterocycles. The number of nitrogens with one attached hydrogen (secondary N) is 1. The third kappa shape index (κ3) is 4.55. The number of aromatic nitrogens is 1. The van der Waals surface area contributed by atoms with Crippen LogP contribution in [0.25, 0.3) is 10.4 Å². The van der Waals surface area contributed by atoms with Crippen molar-refractivity contribution in [2.75, 3.05) is 19.8 Å². The Balaban J connectivity index is 1.36. The Morgan fingerprint density at radius 1 is 1.27 bits per heavy atom. The van der Waals surface area contributed by atoms with Crippen molar-refractivity contribution < 1.29 is 19.4 Å². The highest BCUT2D eigenvalue weighted by Crippen LogP contribution is 2.27. The molecule has 0 bridgehead atoms. The second-order valence-corrected chi connectivity index (χ2v) is 8.82. The number of rotatable bonds is 5. The fraction of sp³-hybridized carbons (Fsp3) is 0.500. The lowest BCUT2D eigenvalue weighted by atomic mass is 9.98. The third-order valence-electron chi connectivity index (χ3n) is 5.86. The summed E-state index contributed by atoms with van der Waals surface area (Å²) in [5, 5.41) is 13.0. The van der Waals surface area contributed by atoms with Crippen molar-refractivity contribution in [2.24, 2.45) is 5.92 Å². The first-order valence-electron chi connectivity index (χ1n) is 10.4. The van der Waals surface area contributed by atoms with E-state index < -0.39 is 12.1 Å². The van der Waals surface area contributed by atoms with Gasteiger partial charge < -0.3 is 20.1 Å². The Hall–Kier alpha value is -2.29. The summed E-state index contributed by atoms with van der Waals surface area (Å²) in [7, 11) is 0. The van der Waals surface area contributed by atoms with E-state index in [1.165, 1.54) is 0 Å². The van der Waals surface area contributed by atoms with E-state index in [0.717, 1.165) is 21.7 Å². The Kier molecular flexibility index (Phi) is 6.46. The van der Waals surface area contributed by atoms with Gasteiger partial charge >= 0.3 is 0 Å². The highest BCUT2D eigenvalue weighted by Gasteiger charge is 2.41. The molecule has 8 heteroatoms. The number of carbonyl (C=O) groups excluding carboxylic acids is 2. The van der Waals surface area contributed by atoms with Crippen LogP contribution in [-0.2, 0) is 20.9 Å². The smallest absolute Gasteiger partial charge is 0.243 e. The molecule has 2 unspecified atom stereocenters. The zero-order valence-corrected chi connectivity index (χ0v) is 17.9. The molecular formula is C22H27N3O4S. The van der Waals surface area contributed by atoms with E-state index in [1.807, 2.05) is 36.7 Å². The first-order valence-corrected chi connectivity index (χ1v) is 11.2. The van der Waals surface area contributed by atoms with Crippen LogP contribution in [0.1, 0.15) is 30.5 Å². The molecule has 2 fully saturated rings. The molecule has 2 N–H and O–H groups in total. The van der Waals surface area contributed by atoms with Crippen LogP contribution in [-0.4, -0.2) is 58.7 Å². The molecule has 7 nitrogen and oxygen atoms in total. The number of amides is 2. The SMILES string of the molecule is Cc1ncsc1-c1ccc(CNC(=O)C2CC(O)CN2C(=O)C2CCOCC2)cc1. The first-order chi connectivity index (χ1) is 14.5. The number of ether oxygens (including phenoxy) is 1. The van der Waals surface area contributed by atoms with Gasteiger partial charge in [-0.2, -0.15) is 0 Å². The lowest BCUT2D eigenvalue weighted by Gasteiger charge is -2.29. The number of hydrogen-bond donors (Lipinski definition) is 2. The van der Waals surface area contributed by atoms with Crippen LogP contribution in [0, 0.1) is 12.8 Å². The van der Waals surface area contributed by atoms with Gasteiger partial charge in [-0.15, -0.1) is 11.3 Å². The predicted molar refractivity (Wildman–Crippen MR) is 114 cm³/mol. The lowest BCUT2D eigenvalue weighted by molar-refractivity contribution is -0.144. The zero-order valence-electron chi connectivity index (χ0n) is 17.0. The summed E-state index contributed by atoms with van der Waals surface area (Å²) in [6.45, 7) is 3.73. The minimum Gasteiger partial charge on any atom is -0.391 e. The molecule has 1 aromatic carbocycles. The maximum absolute atomic E-state index is 12.9. The highest BCUT2D eigenvalue weighted by molar-refractivity contribution is 7.13. The van der Waals surface area contributed by atoms with Crippen LogP contribution >= 0.6 is 11.3 Å². The molecule has 160 valence electrons. The van der Waals surface area contributed by atoms with Gasteiger partial charge in [-0.1, -0.05) is 24.3 Å². The molecule has 0 saturated carbocycles. The molecule has 2 aliphatic rings. The molecule has 2 amide bonds. The highest BCUT2D eigenvalue weighted by atomic mass is 32.1. The van der Waals surface area contributed by atoms with Gasteiger partial charge in [-0.05, 0) is 30.9 Å². The molecule has 1 aromatic heterocycles. The van der Waals surface area contributed by atoms with Gasteiger partial charge in [0.25, 0.3) is 0 Å². The molecule has 2 atom stereocenters. The van der Waals surface area contributed by atoms with Crippen LogP contribution in [0.15, 0.2) is 29.8 Å². The van der Waals surface area contributed by atoms with Gasteiger partial charge in [0.2, 0.25) is 11.8 Å². The fourth-order valence-electron chi connectivity index (χ4n) is 4.14. The first kappa shape index (κ1) is 21.0. The number of nitrogens with zero attached hydrogens (tertiary/aromatic N) is 2. The number of hydrogen-bond acceptors (Lipinski definition) is 6. The van der Waals surface area contributed by atoms with Gasteiger partial charge in [0.15, 0.2) is 0 Å². The molecule has 0 spiro atoms. The maximum Gasteiger partial charge on any atom is 0.243 e. The predicted octanol–water partition coefficient (Wildman–Crippen LogP) is 2.12. The topological polar surface area (TPSA) is 91.8 Å². The molecule has 0 aliphatic carbocycles. The summed E-state index contributed by atoms with van der Waals surface area (Å²) in [6, 6.07) is 7.42. The standard InChI is InChI=1S/C22H27N3O4S/c1-14-20(30-13-24-14)16-4-2-15(3-5-16)11-23-21(27)19-10-18(26)12-25(19)22(28)17-6-8-29-9-7-17/h2-5,13,17-19,26H,6-12H2,1H3,(H,23,27). The number of aryl methyl sites for hydroxylation is 1. The van der Waals surface area contributed by atoms with Gasteiger partial charge in [0, 0.05) is 38.6 Å². The van der Waals surface area contributed by atoms with E-state index in [0.29, 0.717) is 32.6 Å². The Bertz CT molecular complexity index is 892. The largest absolute Gasteiger partial charge is 0.391 e. The lowest BCUT2D eigenvalue weighted by Crippen LogP contribution is -2.48. The second kappa shape index (κ2) is 9.24. The molecule has 30 heavy (non-hydrogen) atoms. The normalized spacial score (nSPS) is 22.3. The van der Waals surface area contributed by atoms with E-state index in [2.05, 4.69) is 10.3 Å². The van der Waals surface area contributed by atoms with E-state index in [-0.39, 0.29) is 30.7 Å². The summed E-state index contributed by atoms with van der Waals surface area (Å²) >= 11 is 1.61. The van der Waals surface area contributed by atoms with Crippen molar-refractivity contribution >= 4 is 23.2 Å². The zero-order chi connectivity index (χ0) is 21.1. The van der Waals surface area contributed by atoms with Crippen molar-refractivity contribution in [3.05, 3.63) is 41.0 Å². The quantitative estimate of drug-likeness (QED) is 0.760. The summed E-state index contributed by atoms with van der Waals surface area (Å²) in [4.78, 5) is 32.7. The van der Waals surface area contributed by atoms with Crippen LogP contribution in [0.5, 0.6) is 0 Å². The van der Waals surface area contributed by atoms with E-state index in [1.54, 1.807) is 16.2 Å². The number of aliphatic hydroxyl groups excluding tert-OH is 1. The van der Waals surface area contributed by atoms with Crippen molar-refractivity contribution in [3.63, 3.8) is 0 Å². The minimum absolute atomic E-state index is 0.0423. The minimum atomic E-state index is -0.661. The molecule has 0 radical (unpaired) electrons. The summed E-state index contributed by atoms with van der Waals surface area (Å²) in [5.41, 5.74) is 4.94. The van der Waals surface area contributed by atoms with Gasteiger partial charge in [0.1, 0.15) is 6.04 Å².